The molecular weight excluding hydrogens is 274 g/mol. The van der Waals surface area contributed by atoms with Crippen molar-refractivity contribution in [3.05, 3.63) is 56.8 Å². The van der Waals surface area contributed by atoms with Crippen molar-refractivity contribution < 1.29 is 0 Å². The molecular formula is C19H27NS. The van der Waals surface area contributed by atoms with E-state index in [-0.39, 0.29) is 0 Å². The van der Waals surface area contributed by atoms with Crippen LogP contribution in [0.1, 0.15) is 59.2 Å². The van der Waals surface area contributed by atoms with E-state index in [1.165, 1.54) is 32.9 Å². The quantitative estimate of drug-likeness (QED) is 0.721. The summed E-state index contributed by atoms with van der Waals surface area (Å²) in [6.45, 7) is 9.94. The molecule has 0 bridgehead atoms. The third-order valence-electron chi connectivity index (χ3n) is 3.89. The number of aryl methyl sites for hydroxylation is 3. The Labute approximate surface area is 133 Å². The van der Waals surface area contributed by atoms with Gasteiger partial charge in [0.15, 0.2) is 0 Å². The summed E-state index contributed by atoms with van der Waals surface area (Å²) in [5.74, 6) is 0. The molecule has 2 heteroatoms. The largest absolute Gasteiger partial charge is 0.306 e. The molecule has 21 heavy (non-hydrogen) atoms. The number of hydrogen-bond donors (Lipinski definition) is 1. The van der Waals surface area contributed by atoms with Gasteiger partial charge in [-0.1, -0.05) is 44.5 Å². The van der Waals surface area contributed by atoms with Crippen LogP contribution in [0.15, 0.2) is 30.3 Å². The smallest absolute Gasteiger partial charge is 0.0671 e. The van der Waals surface area contributed by atoms with E-state index in [2.05, 4.69) is 63.3 Å². The Balaban J connectivity index is 2.32. The van der Waals surface area contributed by atoms with Gasteiger partial charge in [-0.25, -0.2) is 0 Å². The number of benzene rings is 1. The number of rotatable bonds is 7. The molecule has 0 aliphatic heterocycles. The summed E-state index contributed by atoms with van der Waals surface area (Å²) in [4.78, 5) is 2.87. The Kier molecular flexibility index (Phi) is 6.01. The van der Waals surface area contributed by atoms with Gasteiger partial charge in [0, 0.05) is 9.75 Å². The molecule has 114 valence electrons. The van der Waals surface area contributed by atoms with Crippen molar-refractivity contribution in [2.24, 2.45) is 0 Å². The molecule has 0 saturated carbocycles. The van der Waals surface area contributed by atoms with Gasteiger partial charge in [0.2, 0.25) is 0 Å². The Hall–Kier alpha value is -1.12. The van der Waals surface area contributed by atoms with E-state index >= 15 is 0 Å². The van der Waals surface area contributed by atoms with E-state index in [1.807, 2.05) is 11.3 Å². The van der Waals surface area contributed by atoms with Crippen LogP contribution in [0.2, 0.25) is 0 Å². The van der Waals surface area contributed by atoms with Crippen molar-refractivity contribution in [1.82, 2.24) is 5.32 Å². The zero-order valence-electron chi connectivity index (χ0n) is 13.7. The number of thiophene rings is 1. The molecule has 0 amide bonds. The summed E-state index contributed by atoms with van der Waals surface area (Å²) in [7, 11) is 0. The van der Waals surface area contributed by atoms with Gasteiger partial charge in [-0.05, 0) is 56.0 Å². The van der Waals surface area contributed by atoms with Crippen molar-refractivity contribution in [2.75, 3.05) is 6.54 Å². The predicted octanol–water partition coefficient (Wildman–Crippen LogP) is 5.41. The summed E-state index contributed by atoms with van der Waals surface area (Å²) < 4.78 is 0. The van der Waals surface area contributed by atoms with E-state index in [0.29, 0.717) is 6.04 Å². The molecule has 1 N–H and O–H groups in total. The van der Waals surface area contributed by atoms with Gasteiger partial charge in [-0.15, -0.1) is 11.3 Å². The molecule has 2 rings (SSSR count). The normalized spacial score (nSPS) is 12.6. The molecule has 1 atom stereocenters. The first kappa shape index (κ1) is 16.3. The first-order valence-corrected chi connectivity index (χ1v) is 8.86. The Morgan fingerprint density at radius 2 is 1.90 bits per heavy atom. The molecule has 1 unspecified atom stereocenters. The van der Waals surface area contributed by atoms with Crippen LogP contribution in [0.5, 0.6) is 0 Å². The van der Waals surface area contributed by atoms with Gasteiger partial charge in [-0.3, -0.25) is 0 Å². The second-order valence-electron chi connectivity index (χ2n) is 5.77. The standard InChI is InChI=1S/C19H27NS/c1-5-8-16-9-7-10-17(13-16)19(20-11-6-2)18-12-14(3)15(4)21-18/h7,9-10,12-13,19-20H,5-6,8,11H2,1-4H3. The summed E-state index contributed by atoms with van der Waals surface area (Å²) in [5.41, 5.74) is 4.25. The second kappa shape index (κ2) is 7.77. The minimum absolute atomic E-state index is 0.333. The van der Waals surface area contributed by atoms with E-state index in [1.54, 1.807) is 0 Å². The fraction of sp³-hybridized carbons (Fsp3) is 0.474. The highest BCUT2D eigenvalue weighted by Gasteiger charge is 2.16. The Bertz CT molecular complexity index is 551. The van der Waals surface area contributed by atoms with Gasteiger partial charge in [0.1, 0.15) is 0 Å². The number of hydrogen-bond acceptors (Lipinski definition) is 2. The van der Waals surface area contributed by atoms with Gasteiger partial charge >= 0.3 is 0 Å². The molecule has 2 aromatic rings. The zero-order valence-corrected chi connectivity index (χ0v) is 14.5. The lowest BCUT2D eigenvalue weighted by atomic mass is 10.00. The van der Waals surface area contributed by atoms with Crippen LogP contribution in [0.3, 0.4) is 0 Å². The van der Waals surface area contributed by atoms with Crippen molar-refractivity contribution >= 4 is 11.3 Å². The van der Waals surface area contributed by atoms with Crippen LogP contribution in [0.4, 0.5) is 0 Å². The van der Waals surface area contributed by atoms with Crippen molar-refractivity contribution in [3.8, 4) is 0 Å². The summed E-state index contributed by atoms with van der Waals surface area (Å²) in [6.07, 6.45) is 3.53. The molecule has 0 aliphatic rings. The van der Waals surface area contributed by atoms with E-state index in [4.69, 9.17) is 0 Å². The minimum Gasteiger partial charge on any atom is -0.306 e. The fourth-order valence-corrected chi connectivity index (χ4v) is 3.78. The molecule has 1 nitrogen and oxygen atoms in total. The molecule has 1 aromatic carbocycles. The lowest BCUT2D eigenvalue weighted by molar-refractivity contribution is 0.605. The lowest BCUT2D eigenvalue weighted by Crippen LogP contribution is -2.22. The van der Waals surface area contributed by atoms with Crippen LogP contribution in [-0.4, -0.2) is 6.54 Å². The van der Waals surface area contributed by atoms with Crippen LogP contribution in [-0.2, 0) is 6.42 Å². The van der Waals surface area contributed by atoms with Gasteiger partial charge in [0.25, 0.3) is 0 Å². The van der Waals surface area contributed by atoms with E-state index < -0.39 is 0 Å². The maximum absolute atomic E-state index is 3.72. The Morgan fingerprint density at radius 3 is 2.52 bits per heavy atom. The summed E-state index contributed by atoms with van der Waals surface area (Å²) in [6, 6.07) is 11.8. The van der Waals surface area contributed by atoms with E-state index in [9.17, 15) is 0 Å². The zero-order chi connectivity index (χ0) is 15.2. The monoisotopic (exact) mass is 301 g/mol. The fourth-order valence-electron chi connectivity index (χ4n) is 2.63. The van der Waals surface area contributed by atoms with Gasteiger partial charge < -0.3 is 5.32 Å². The second-order valence-corrected chi connectivity index (χ2v) is 7.06. The van der Waals surface area contributed by atoms with E-state index in [0.717, 1.165) is 19.4 Å². The lowest BCUT2D eigenvalue weighted by Gasteiger charge is -2.18. The highest BCUT2D eigenvalue weighted by molar-refractivity contribution is 7.12. The average Bonchev–Trinajstić information content (AvgIpc) is 2.80. The molecule has 0 fully saturated rings. The first-order valence-electron chi connectivity index (χ1n) is 8.04. The average molecular weight is 301 g/mol. The molecule has 0 saturated heterocycles. The molecule has 0 radical (unpaired) electrons. The predicted molar refractivity (Wildman–Crippen MR) is 94.4 cm³/mol. The minimum atomic E-state index is 0.333. The van der Waals surface area contributed by atoms with Crippen LogP contribution >= 0.6 is 11.3 Å². The van der Waals surface area contributed by atoms with Crippen molar-refractivity contribution in [1.29, 1.82) is 0 Å². The maximum Gasteiger partial charge on any atom is 0.0671 e. The summed E-state index contributed by atoms with van der Waals surface area (Å²) >= 11 is 1.92. The molecule has 1 heterocycles. The highest BCUT2D eigenvalue weighted by atomic mass is 32.1. The highest BCUT2D eigenvalue weighted by Crippen LogP contribution is 2.31. The topological polar surface area (TPSA) is 12.0 Å². The van der Waals surface area contributed by atoms with Gasteiger partial charge in [-0.2, -0.15) is 0 Å². The maximum atomic E-state index is 3.72. The Morgan fingerprint density at radius 1 is 1.10 bits per heavy atom. The first-order chi connectivity index (χ1) is 10.2. The SMILES string of the molecule is CCCNC(c1cccc(CCC)c1)c1cc(C)c(C)s1. The van der Waals surface area contributed by atoms with Crippen LogP contribution < -0.4 is 5.32 Å². The van der Waals surface area contributed by atoms with Gasteiger partial charge in [0.05, 0.1) is 6.04 Å². The number of nitrogens with one attached hydrogen (secondary N) is 1. The van der Waals surface area contributed by atoms with Crippen LogP contribution in [0.25, 0.3) is 0 Å². The third kappa shape index (κ3) is 4.18. The molecule has 0 aliphatic carbocycles. The summed E-state index contributed by atoms with van der Waals surface area (Å²) in [5, 5.41) is 3.72. The van der Waals surface area contributed by atoms with Crippen molar-refractivity contribution in [2.45, 2.75) is 53.0 Å². The molecule has 1 aromatic heterocycles. The van der Waals surface area contributed by atoms with Crippen molar-refractivity contribution in [3.63, 3.8) is 0 Å². The third-order valence-corrected chi connectivity index (χ3v) is 5.11. The molecule has 0 spiro atoms. The van der Waals surface area contributed by atoms with Crippen LogP contribution in [0, 0.1) is 13.8 Å².